The molecule has 0 aliphatic heterocycles. The second kappa shape index (κ2) is 3.95. The smallest absolute Gasteiger partial charge is 0.0680 e. The van der Waals surface area contributed by atoms with E-state index in [4.69, 9.17) is 5.73 Å². The molecule has 1 aromatic heterocycles. The van der Waals surface area contributed by atoms with Crippen molar-refractivity contribution >= 4 is 0 Å². The molecule has 1 heterocycles. The number of rotatable bonds is 3. The van der Waals surface area contributed by atoms with Crippen molar-refractivity contribution in [3.8, 4) is 5.69 Å². The summed E-state index contributed by atoms with van der Waals surface area (Å²) < 4.78 is 1.94. The fourth-order valence-corrected chi connectivity index (χ4v) is 3.17. The summed E-state index contributed by atoms with van der Waals surface area (Å²) in [7, 11) is 0. The topological polar surface area (TPSA) is 43.8 Å². The Labute approximate surface area is 108 Å². The summed E-state index contributed by atoms with van der Waals surface area (Å²) in [4.78, 5) is 0. The fraction of sp³-hybridized carbons (Fsp3) is 0.400. The first-order chi connectivity index (χ1) is 8.66. The van der Waals surface area contributed by atoms with Gasteiger partial charge >= 0.3 is 0 Å². The third-order valence-electron chi connectivity index (χ3n) is 4.33. The highest BCUT2D eigenvalue weighted by molar-refractivity contribution is 5.47. The number of nitrogens with two attached hydrogens (primary N) is 1. The third kappa shape index (κ3) is 1.58. The van der Waals surface area contributed by atoms with Gasteiger partial charge in [0.1, 0.15) is 0 Å². The molecule has 3 nitrogen and oxygen atoms in total. The van der Waals surface area contributed by atoms with Gasteiger partial charge in [0, 0.05) is 12.4 Å². The van der Waals surface area contributed by atoms with Gasteiger partial charge in [-0.25, -0.2) is 4.68 Å². The van der Waals surface area contributed by atoms with Crippen LogP contribution in [0.1, 0.15) is 25.3 Å². The van der Waals surface area contributed by atoms with E-state index in [9.17, 15) is 0 Å². The van der Waals surface area contributed by atoms with Crippen LogP contribution in [0, 0.1) is 11.3 Å². The van der Waals surface area contributed by atoms with Crippen molar-refractivity contribution in [2.75, 3.05) is 6.54 Å². The van der Waals surface area contributed by atoms with E-state index in [0.29, 0.717) is 17.3 Å². The van der Waals surface area contributed by atoms with E-state index >= 15 is 0 Å². The summed E-state index contributed by atoms with van der Waals surface area (Å²) >= 11 is 0. The SMILES string of the molecule is CC1(C)C(CN)C1c1ccccc1-n1cccn1. The Balaban J connectivity index is 2.04. The quantitative estimate of drug-likeness (QED) is 0.897. The number of hydrogen-bond donors (Lipinski definition) is 1. The number of para-hydroxylation sites is 1. The molecule has 0 radical (unpaired) electrons. The second-order valence-corrected chi connectivity index (χ2v) is 5.65. The standard InChI is InChI=1S/C15H19N3/c1-15(2)12(10-16)14(15)11-6-3-4-7-13(11)18-9-5-8-17-18/h3-9,12,14H,10,16H2,1-2H3. The van der Waals surface area contributed by atoms with Crippen molar-refractivity contribution in [1.29, 1.82) is 0 Å². The minimum atomic E-state index is 0.304. The maximum absolute atomic E-state index is 5.88. The van der Waals surface area contributed by atoms with Crippen LogP contribution < -0.4 is 5.73 Å². The van der Waals surface area contributed by atoms with Crippen molar-refractivity contribution in [3.05, 3.63) is 48.3 Å². The normalized spacial score (nSPS) is 25.1. The summed E-state index contributed by atoms with van der Waals surface area (Å²) in [6.07, 6.45) is 3.81. The van der Waals surface area contributed by atoms with Crippen LogP contribution in [0.25, 0.3) is 5.69 Å². The molecule has 2 unspecified atom stereocenters. The van der Waals surface area contributed by atoms with Crippen LogP contribution in [0.15, 0.2) is 42.7 Å². The van der Waals surface area contributed by atoms with Crippen LogP contribution in [0.3, 0.4) is 0 Å². The molecule has 2 aromatic rings. The molecule has 0 amide bonds. The summed E-state index contributed by atoms with van der Waals surface area (Å²) in [5.74, 6) is 1.12. The van der Waals surface area contributed by atoms with Crippen LogP contribution >= 0.6 is 0 Å². The Bertz CT molecular complexity index is 543. The van der Waals surface area contributed by atoms with Crippen LogP contribution in [0.5, 0.6) is 0 Å². The predicted octanol–water partition coefficient (Wildman–Crippen LogP) is 2.57. The van der Waals surface area contributed by atoms with E-state index in [-0.39, 0.29) is 0 Å². The summed E-state index contributed by atoms with van der Waals surface area (Å²) in [6, 6.07) is 10.5. The molecule has 1 fully saturated rings. The first-order valence-electron chi connectivity index (χ1n) is 6.45. The highest BCUT2D eigenvalue weighted by Gasteiger charge is 2.57. The van der Waals surface area contributed by atoms with E-state index in [0.717, 1.165) is 6.54 Å². The Hall–Kier alpha value is -1.61. The Morgan fingerprint density at radius 2 is 2.06 bits per heavy atom. The van der Waals surface area contributed by atoms with Gasteiger partial charge in [-0.3, -0.25) is 0 Å². The molecule has 94 valence electrons. The lowest BCUT2D eigenvalue weighted by atomic mass is 10.0. The Kier molecular flexibility index (Phi) is 2.52. The van der Waals surface area contributed by atoms with Crippen molar-refractivity contribution in [2.24, 2.45) is 17.1 Å². The van der Waals surface area contributed by atoms with Crippen LogP contribution in [0.2, 0.25) is 0 Å². The third-order valence-corrected chi connectivity index (χ3v) is 4.33. The molecule has 18 heavy (non-hydrogen) atoms. The van der Waals surface area contributed by atoms with Crippen molar-refractivity contribution in [1.82, 2.24) is 9.78 Å². The molecule has 3 rings (SSSR count). The van der Waals surface area contributed by atoms with E-state index in [1.165, 1.54) is 11.3 Å². The van der Waals surface area contributed by atoms with Crippen molar-refractivity contribution in [3.63, 3.8) is 0 Å². The van der Waals surface area contributed by atoms with Gasteiger partial charge in [-0.2, -0.15) is 5.10 Å². The lowest BCUT2D eigenvalue weighted by Crippen LogP contribution is -2.05. The monoisotopic (exact) mass is 241 g/mol. The highest BCUT2D eigenvalue weighted by Crippen LogP contribution is 2.64. The molecular formula is C15H19N3. The lowest BCUT2D eigenvalue weighted by Gasteiger charge is -2.10. The maximum Gasteiger partial charge on any atom is 0.0680 e. The minimum absolute atomic E-state index is 0.304. The van der Waals surface area contributed by atoms with E-state index in [1.54, 1.807) is 0 Å². The summed E-state index contributed by atoms with van der Waals surface area (Å²) in [6.45, 7) is 5.36. The number of aromatic nitrogens is 2. The van der Waals surface area contributed by atoms with Crippen LogP contribution in [-0.2, 0) is 0 Å². The van der Waals surface area contributed by atoms with Gasteiger partial charge in [-0.15, -0.1) is 0 Å². The van der Waals surface area contributed by atoms with Gasteiger partial charge in [0.2, 0.25) is 0 Å². The lowest BCUT2D eigenvalue weighted by molar-refractivity contribution is 0.558. The number of benzene rings is 1. The van der Waals surface area contributed by atoms with Gasteiger partial charge in [0.05, 0.1) is 5.69 Å². The second-order valence-electron chi connectivity index (χ2n) is 5.65. The molecule has 1 aliphatic carbocycles. The van der Waals surface area contributed by atoms with Gasteiger partial charge < -0.3 is 5.73 Å². The summed E-state index contributed by atoms with van der Waals surface area (Å²) in [5, 5.41) is 4.34. The van der Waals surface area contributed by atoms with Crippen molar-refractivity contribution in [2.45, 2.75) is 19.8 Å². The number of nitrogens with zero attached hydrogens (tertiary/aromatic N) is 2. The Morgan fingerprint density at radius 3 is 2.67 bits per heavy atom. The molecule has 2 N–H and O–H groups in total. The fourth-order valence-electron chi connectivity index (χ4n) is 3.17. The van der Waals surface area contributed by atoms with E-state index in [1.807, 2.05) is 23.1 Å². The van der Waals surface area contributed by atoms with Crippen LogP contribution in [0.4, 0.5) is 0 Å². The molecule has 3 heteroatoms. The zero-order valence-corrected chi connectivity index (χ0v) is 10.9. The number of hydrogen-bond acceptors (Lipinski definition) is 2. The van der Waals surface area contributed by atoms with Gasteiger partial charge in [-0.1, -0.05) is 32.0 Å². The predicted molar refractivity (Wildman–Crippen MR) is 72.6 cm³/mol. The van der Waals surface area contributed by atoms with Gasteiger partial charge in [-0.05, 0) is 41.5 Å². The minimum Gasteiger partial charge on any atom is -0.330 e. The average Bonchev–Trinajstić information content (AvgIpc) is 2.76. The first kappa shape index (κ1) is 11.5. The van der Waals surface area contributed by atoms with E-state index in [2.05, 4.69) is 43.2 Å². The molecule has 0 bridgehead atoms. The maximum atomic E-state index is 5.88. The molecule has 1 aromatic carbocycles. The first-order valence-corrected chi connectivity index (χ1v) is 6.45. The summed E-state index contributed by atoms with van der Waals surface area (Å²) in [5.41, 5.74) is 8.73. The highest BCUT2D eigenvalue weighted by atomic mass is 15.3. The average molecular weight is 241 g/mol. The molecule has 1 saturated carbocycles. The Morgan fingerprint density at radius 1 is 1.28 bits per heavy atom. The molecule has 1 aliphatic rings. The zero-order chi connectivity index (χ0) is 12.8. The largest absolute Gasteiger partial charge is 0.330 e. The molecular weight excluding hydrogens is 222 g/mol. The van der Waals surface area contributed by atoms with E-state index < -0.39 is 0 Å². The molecule has 0 saturated heterocycles. The van der Waals surface area contributed by atoms with Crippen LogP contribution in [-0.4, -0.2) is 16.3 Å². The van der Waals surface area contributed by atoms with Crippen molar-refractivity contribution < 1.29 is 0 Å². The molecule has 2 atom stereocenters. The zero-order valence-electron chi connectivity index (χ0n) is 10.9. The van der Waals surface area contributed by atoms with Gasteiger partial charge in [0.15, 0.2) is 0 Å². The molecule has 0 spiro atoms. The van der Waals surface area contributed by atoms with Gasteiger partial charge in [0.25, 0.3) is 0 Å².